The van der Waals surface area contributed by atoms with E-state index in [2.05, 4.69) is 6.58 Å². The van der Waals surface area contributed by atoms with Crippen LogP contribution < -0.4 is 19.1 Å². The number of carbonyl (C=O) groups excluding carboxylic acids is 1. The summed E-state index contributed by atoms with van der Waals surface area (Å²) < 4.78 is 16.1. The van der Waals surface area contributed by atoms with E-state index in [0.717, 1.165) is 5.56 Å². The Morgan fingerprint density at radius 3 is 2.04 bits per heavy atom. The van der Waals surface area contributed by atoms with E-state index >= 15 is 0 Å². The molecule has 124 valence electrons. The molecule has 1 aliphatic rings. The van der Waals surface area contributed by atoms with Crippen LogP contribution >= 0.6 is 0 Å². The van der Waals surface area contributed by atoms with Crippen LogP contribution in [0.1, 0.15) is 11.6 Å². The Morgan fingerprint density at radius 1 is 0.958 bits per heavy atom. The fourth-order valence-corrected chi connectivity index (χ4v) is 2.94. The van der Waals surface area contributed by atoms with Gasteiger partial charge in [-0.3, -0.25) is 9.69 Å². The summed E-state index contributed by atoms with van der Waals surface area (Å²) in [5.41, 5.74) is 2.25. The van der Waals surface area contributed by atoms with E-state index in [9.17, 15) is 4.79 Å². The summed E-state index contributed by atoms with van der Waals surface area (Å²) in [4.78, 5) is 14.1. The summed E-state index contributed by atoms with van der Waals surface area (Å²) >= 11 is 0. The van der Waals surface area contributed by atoms with E-state index < -0.39 is 0 Å². The summed E-state index contributed by atoms with van der Waals surface area (Å²) in [6.07, 6.45) is 0. The second-order valence-corrected chi connectivity index (χ2v) is 5.40. The molecule has 0 saturated carbocycles. The van der Waals surface area contributed by atoms with Crippen molar-refractivity contribution in [3.05, 3.63) is 60.2 Å². The topological polar surface area (TPSA) is 48.0 Å². The number of rotatable bonds is 5. The molecule has 0 spiro atoms. The Morgan fingerprint density at radius 2 is 1.54 bits per heavy atom. The van der Waals surface area contributed by atoms with Crippen LogP contribution in [0.4, 0.5) is 5.69 Å². The highest BCUT2D eigenvalue weighted by Gasteiger charge is 2.43. The minimum absolute atomic E-state index is 0.113. The molecular weight excluding hydrogens is 306 g/mol. The zero-order chi connectivity index (χ0) is 17.3. The van der Waals surface area contributed by atoms with Crippen molar-refractivity contribution in [3.63, 3.8) is 0 Å². The number of hydrogen-bond donors (Lipinski definition) is 0. The number of nitrogens with zero attached hydrogens (tertiary/aromatic N) is 1. The van der Waals surface area contributed by atoms with Crippen LogP contribution in [0.3, 0.4) is 0 Å². The molecule has 1 atom stereocenters. The summed E-state index contributed by atoms with van der Waals surface area (Å²) in [6.45, 7) is 3.92. The average Bonchev–Trinajstić information content (AvgIpc) is 2.64. The summed E-state index contributed by atoms with van der Waals surface area (Å²) in [6, 6.07) is 13.1. The van der Waals surface area contributed by atoms with Gasteiger partial charge in [0.1, 0.15) is 0 Å². The van der Waals surface area contributed by atoms with Crippen LogP contribution in [0.15, 0.2) is 54.6 Å². The molecule has 1 fully saturated rings. The minimum Gasteiger partial charge on any atom is -0.493 e. The van der Waals surface area contributed by atoms with Gasteiger partial charge in [0.15, 0.2) is 11.5 Å². The Labute approximate surface area is 141 Å². The summed E-state index contributed by atoms with van der Waals surface area (Å²) in [7, 11) is 4.64. The molecule has 3 rings (SSSR count). The number of methoxy groups -OCH3 is 3. The van der Waals surface area contributed by atoms with Crippen molar-refractivity contribution in [2.45, 2.75) is 6.04 Å². The number of hydrogen-bond acceptors (Lipinski definition) is 4. The van der Waals surface area contributed by atoms with Gasteiger partial charge in [-0.15, -0.1) is 0 Å². The molecule has 24 heavy (non-hydrogen) atoms. The number of ether oxygens (including phenoxy) is 3. The number of carbonyl (C=O) groups is 1. The van der Waals surface area contributed by atoms with Crippen LogP contribution in [0.5, 0.6) is 17.2 Å². The lowest BCUT2D eigenvalue weighted by molar-refractivity contribution is -0.118. The van der Waals surface area contributed by atoms with Gasteiger partial charge in [-0.05, 0) is 5.56 Å². The van der Waals surface area contributed by atoms with Gasteiger partial charge in [0, 0.05) is 17.7 Å². The number of benzene rings is 2. The first-order valence-corrected chi connectivity index (χ1v) is 7.49. The molecule has 0 unspecified atom stereocenters. The monoisotopic (exact) mass is 325 g/mol. The SMILES string of the molecule is C=C1C(=O)N(c2cc(OC)c(OC)c(OC)c2)[C@H]1c1ccccc1. The van der Waals surface area contributed by atoms with Crippen LogP contribution in [0.25, 0.3) is 0 Å². The van der Waals surface area contributed by atoms with E-state index in [4.69, 9.17) is 14.2 Å². The number of amides is 1. The Hall–Kier alpha value is -2.95. The Bertz CT molecular complexity index is 760. The van der Waals surface area contributed by atoms with Crippen molar-refractivity contribution >= 4 is 11.6 Å². The van der Waals surface area contributed by atoms with Crippen molar-refractivity contribution < 1.29 is 19.0 Å². The zero-order valence-corrected chi connectivity index (χ0v) is 13.9. The number of β-lactam (4-membered cyclic amide) rings is 1. The van der Waals surface area contributed by atoms with Gasteiger partial charge in [-0.1, -0.05) is 36.9 Å². The zero-order valence-electron chi connectivity index (χ0n) is 13.9. The van der Waals surface area contributed by atoms with Gasteiger partial charge in [-0.2, -0.15) is 0 Å². The predicted molar refractivity (Wildman–Crippen MR) is 91.9 cm³/mol. The highest BCUT2D eigenvalue weighted by atomic mass is 16.5. The van der Waals surface area contributed by atoms with Crippen molar-refractivity contribution in [2.24, 2.45) is 0 Å². The standard InChI is InChI=1S/C19H19NO4/c1-12-17(13-8-6-5-7-9-13)20(19(12)21)14-10-15(22-2)18(24-4)16(11-14)23-3/h5-11,17H,1H2,2-4H3/t17-/m1/s1. The molecule has 1 amide bonds. The second kappa shape index (κ2) is 6.28. The van der Waals surface area contributed by atoms with Crippen molar-refractivity contribution in [1.29, 1.82) is 0 Å². The third-order valence-electron chi connectivity index (χ3n) is 4.12. The van der Waals surface area contributed by atoms with E-state index in [-0.39, 0.29) is 11.9 Å². The summed E-state index contributed by atoms with van der Waals surface area (Å²) in [5.74, 6) is 1.39. The molecule has 2 aromatic carbocycles. The molecule has 1 saturated heterocycles. The van der Waals surface area contributed by atoms with E-state index in [1.807, 2.05) is 30.3 Å². The van der Waals surface area contributed by atoms with Crippen LogP contribution in [-0.4, -0.2) is 27.2 Å². The predicted octanol–water partition coefficient (Wildman–Crippen LogP) is 3.36. The lowest BCUT2D eigenvalue weighted by Gasteiger charge is -2.42. The largest absolute Gasteiger partial charge is 0.493 e. The lowest BCUT2D eigenvalue weighted by Crippen LogP contribution is -2.48. The average molecular weight is 325 g/mol. The highest BCUT2D eigenvalue weighted by Crippen LogP contribution is 2.47. The molecule has 0 bridgehead atoms. The maximum atomic E-state index is 12.4. The van der Waals surface area contributed by atoms with Crippen molar-refractivity contribution in [2.75, 3.05) is 26.2 Å². The molecule has 5 nitrogen and oxygen atoms in total. The van der Waals surface area contributed by atoms with Crippen molar-refractivity contribution in [1.82, 2.24) is 0 Å². The van der Waals surface area contributed by atoms with Gasteiger partial charge in [-0.25, -0.2) is 0 Å². The van der Waals surface area contributed by atoms with Crippen molar-refractivity contribution in [3.8, 4) is 17.2 Å². The Balaban J connectivity index is 2.07. The molecular formula is C19H19NO4. The molecule has 0 N–H and O–H groups in total. The van der Waals surface area contributed by atoms with Gasteiger partial charge < -0.3 is 14.2 Å². The minimum atomic E-state index is -0.193. The third-order valence-corrected chi connectivity index (χ3v) is 4.12. The van der Waals surface area contributed by atoms with Crippen LogP contribution in [-0.2, 0) is 4.79 Å². The first-order chi connectivity index (χ1) is 11.6. The third kappa shape index (κ3) is 2.38. The van der Waals surface area contributed by atoms with Gasteiger partial charge in [0.05, 0.1) is 33.1 Å². The normalized spacial score (nSPS) is 16.6. The Kier molecular flexibility index (Phi) is 4.16. The fourth-order valence-electron chi connectivity index (χ4n) is 2.94. The fraction of sp³-hybridized carbons (Fsp3) is 0.211. The van der Waals surface area contributed by atoms with Gasteiger partial charge >= 0.3 is 0 Å². The highest BCUT2D eigenvalue weighted by molar-refractivity contribution is 6.15. The molecule has 1 aliphatic heterocycles. The van der Waals surface area contributed by atoms with Crippen LogP contribution in [0, 0.1) is 0 Å². The second-order valence-electron chi connectivity index (χ2n) is 5.40. The maximum absolute atomic E-state index is 12.4. The number of anilines is 1. The lowest BCUT2D eigenvalue weighted by atomic mass is 9.88. The molecule has 5 heteroatoms. The quantitative estimate of drug-likeness (QED) is 0.625. The molecule has 1 heterocycles. The van der Waals surface area contributed by atoms with E-state index in [1.54, 1.807) is 38.4 Å². The van der Waals surface area contributed by atoms with Gasteiger partial charge in [0.2, 0.25) is 5.75 Å². The van der Waals surface area contributed by atoms with Gasteiger partial charge in [0.25, 0.3) is 5.91 Å². The molecule has 2 aromatic rings. The van der Waals surface area contributed by atoms with E-state index in [0.29, 0.717) is 28.5 Å². The smallest absolute Gasteiger partial charge is 0.256 e. The van der Waals surface area contributed by atoms with Crippen LogP contribution in [0.2, 0.25) is 0 Å². The maximum Gasteiger partial charge on any atom is 0.256 e. The first kappa shape index (κ1) is 15.9. The first-order valence-electron chi connectivity index (χ1n) is 7.49. The molecule has 0 aliphatic carbocycles. The molecule has 0 aromatic heterocycles. The van der Waals surface area contributed by atoms with E-state index in [1.165, 1.54) is 0 Å². The molecule has 0 radical (unpaired) electrons. The summed E-state index contributed by atoms with van der Waals surface area (Å²) in [5, 5.41) is 0.